The summed E-state index contributed by atoms with van der Waals surface area (Å²) >= 11 is 0. The highest BCUT2D eigenvalue weighted by Crippen LogP contribution is 2.27. The fraction of sp³-hybridized carbons (Fsp3) is 0.625. The Morgan fingerprint density at radius 3 is 2.32 bits per heavy atom. The van der Waals surface area contributed by atoms with Crippen LogP contribution >= 0.6 is 0 Å². The lowest BCUT2D eigenvalue weighted by Gasteiger charge is -2.36. The van der Waals surface area contributed by atoms with Gasteiger partial charge in [0.1, 0.15) is 0 Å². The monoisotopic (exact) mass is 261 g/mol. The zero-order valence-electron chi connectivity index (χ0n) is 12.6. The van der Waals surface area contributed by atoms with Crippen LogP contribution in [0.3, 0.4) is 0 Å². The lowest BCUT2D eigenvalue weighted by Crippen LogP contribution is -2.46. The molecule has 3 heteroatoms. The number of hydrogen-bond donors (Lipinski definition) is 1. The van der Waals surface area contributed by atoms with E-state index in [2.05, 4.69) is 42.7 Å². The summed E-state index contributed by atoms with van der Waals surface area (Å²) in [7, 11) is 0. The van der Waals surface area contributed by atoms with Gasteiger partial charge in [-0.15, -0.1) is 0 Å². The van der Waals surface area contributed by atoms with Gasteiger partial charge < -0.3 is 10.6 Å². The van der Waals surface area contributed by atoms with Crippen molar-refractivity contribution >= 4 is 11.4 Å². The first-order valence-corrected chi connectivity index (χ1v) is 7.46. The molecule has 0 spiro atoms. The van der Waals surface area contributed by atoms with Crippen LogP contribution in [0.5, 0.6) is 0 Å². The van der Waals surface area contributed by atoms with E-state index in [1.165, 1.54) is 36.2 Å². The molecular weight excluding hydrogens is 234 g/mol. The van der Waals surface area contributed by atoms with Gasteiger partial charge in [0.15, 0.2) is 0 Å². The second-order valence-electron chi connectivity index (χ2n) is 5.68. The lowest BCUT2D eigenvalue weighted by atomic mass is 10.1. The van der Waals surface area contributed by atoms with E-state index in [9.17, 15) is 0 Å². The molecule has 106 valence electrons. The average Bonchev–Trinajstić information content (AvgIpc) is 2.41. The van der Waals surface area contributed by atoms with E-state index in [1.54, 1.807) is 0 Å². The largest absolute Gasteiger partial charge is 0.397 e. The maximum atomic E-state index is 6.18. The summed E-state index contributed by atoms with van der Waals surface area (Å²) in [5.41, 5.74) is 10.9. The Hall–Kier alpha value is -1.22. The molecule has 0 atom stereocenters. The molecule has 0 radical (unpaired) electrons. The molecule has 1 aromatic carbocycles. The Bertz CT molecular complexity index is 420. The van der Waals surface area contributed by atoms with Gasteiger partial charge in [-0.3, -0.25) is 4.90 Å². The van der Waals surface area contributed by atoms with E-state index in [0.29, 0.717) is 0 Å². The van der Waals surface area contributed by atoms with Gasteiger partial charge >= 0.3 is 0 Å². The van der Waals surface area contributed by atoms with Crippen LogP contribution in [-0.4, -0.2) is 37.6 Å². The molecule has 0 bridgehead atoms. The highest BCUT2D eigenvalue weighted by molar-refractivity contribution is 5.70. The van der Waals surface area contributed by atoms with Crippen LogP contribution in [-0.2, 0) is 0 Å². The van der Waals surface area contributed by atoms with Gasteiger partial charge in [-0.1, -0.05) is 13.3 Å². The van der Waals surface area contributed by atoms with Gasteiger partial charge in [0.05, 0.1) is 11.4 Å². The summed E-state index contributed by atoms with van der Waals surface area (Å²) in [5, 5.41) is 0. The van der Waals surface area contributed by atoms with Crippen molar-refractivity contribution in [3.8, 4) is 0 Å². The van der Waals surface area contributed by atoms with Gasteiger partial charge in [-0.25, -0.2) is 0 Å². The van der Waals surface area contributed by atoms with Gasteiger partial charge in [-0.2, -0.15) is 0 Å². The van der Waals surface area contributed by atoms with Gasteiger partial charge in [-0.05, 0) is 50.1 Å². The minimum atomic E-state index is 0.921. The van der Waals surface area contributed by atoms with Crippen molar-refractivity contribution in [1.29, 1.82) is 0 Å². The number of unbranched alkanes of at least 4 members (excludes halogenated alkanes) is 1. The SMILES string of the molecule is CCCCN1CCN(c2cc(C)c(C)cc2N)CC1. The smallest absolute Gasteiger partial charge is 0.0603 e. The van der Waals surface area contributed by atoms with E-state index in [1.807, 2.05) is 0 Å². The third-order valence-electron chi connectivity index (χ3n) is 4.18. The van der Waals surface area contributed by atoms with E-state index in [0.717, 1.165) is 31.9 Å². The van der Waals surface area contributed by atoms with Crippen LogP contribution < -0.4 is 10.6 Å². The van der Waals surface area contributed by atoms with Crippen LogP contribution in [0.1, 0.15) is 30.9 Å². The molecule has 1 aliphatic heterocycles. The minimum Gasteiger partial charge on any atom is -0.397 e. The minimum absolute atomic E-state index is 0.921. The first-order valence-electron chi connectivity index (χ1n) is 7.46. The highest BCUT2D eigenvalue weighted by Gasteiger charge is 2.18. The Morgan fingerprint density at radius 1 is 1.05 bits per heavy atom. The number of nitrogen functional groups attached to an aromatic ring is 1. The molecule has 1 fully saturated rings. The molecule has 0 aliphatic carbocycles. The molecule has 19 heavy (non-hydrogen) atoms. The zero-order chi connectivity index (χ0) is 13.8. The lowest BCUT2D eigenvalue weighted by molar-refractivity contribution is 0.254. The third kappa shape index (κ3) is 3.41. The number of nitrogens with two attached hydrogens (primary N) is 1. The molecule has 3 nitrogen and oxygen atoms in total. The summed E-state index contributed by atoms with van der Waals surface area (Å²) in [5.74, 6) is 0. The topological polar surface area (TPSA) is 32.5 Å². The molecule has 1 aliphatic rings. The van der Waals surface area contributed by atoms with E-state index in [4.69, 9.17) is 5.73 Å². The molecule has 1 saturated heterocycles. The number of rotatable bonds is 4. The van der Waals surface area contributed by atoms with Gasteiger partial charge in [0.25, 0.3) is 0 Å². The molecule has 0 aromatic heterocycles. The Labute approximate surface area is 117 Å². The van der Waals surface area contributed by atoms with Crippen LogP contribution in [0.2, 0.25) is 0 Å². The summed E-state index contributed by atoms with van der Waals surface area (Å²) in [6.45, 7) is 12.3. The normalized spacial score (nSPS) is 16.9. The molecule has 0 saturated carbocycles. The van der Waals surface area contributed by atoms with Crippen molar-refractivity contribution in [1.82, 2.24) is 4.90 Å². The first-order chi connectivity index (χ1) is 9.11. The van der Waals surface area contributed by atoms with Crippen molar-refractivity contribution in [2.24, 2.45) is 0 Å². The summed E-state index contributed by atoms with van der Waals surface area (Å²) < 4.78 is 0. The third-order valence-corrected chi connectivity index (χ3v) is 4.18. The predicted molar refractivity (Wildman–Crippen MR) is 83.9 cm³/mol. The average molecular weight is 261 g/mol. The van der Waals surface area contributed by atoms with E-state index in [-0.39, 0.29) is 0 Å². The van der Waals surface area contributed by atoms with Crippen molar-refractivity contribution in [2.45, 2.75) is 33.6 Å². The predicted octanol–water partition coefficient (Wildman–Crippen LogP) is 2.81. The number of piperazine rings is 1. The van der Waals surface area contributed by atoms with Gasteiger partial charge in [0, 0.05) is 26.2 Å². The standard InChI is InChI=1S/C16H27N3/c1-4-5-6-18-7-9-19(10-8-18)16-12-14(3)13(2)11-15(16)17/h11-12H,4-10,17H2,1-3H3. The summed E-state index contributed by atoms with van der Waals surface area (Å²) in [6, 6.07) is 4.35. The maximum absolute atomic E-state index is 6.18. The zero-order valence-corrected chi connectivity index (χ0v) is 12.6. The fourth-order valence-electron chi connectivity index (χ4n) is 2.69. The number of nitrogens with zero attached hydrogens (tertiary/aromatic N) is 2. The maximum Gasteiger partial charge on any atom is 0.0603 e. The quantitative estimate of drug-likeness (QED) is 0.846. The summed E-state index contributed by atoms with van der Waals surface area (Å²) in [4.78, 5) is 5.00. The first kappa shape index (κ1) is 14.2. The number of benzene rings is 1. The number of aryl methyl sites for hydroxylation is 2. The molecular formula is C16H27N3. The fourth-order valence-corrected chi connectivity index (χ4v) is 2.69. The van der Waals surface area contributed by atoms with Crippen LogP contribution in [0.15, 0.2) is 12.1 Å². The molecule has 2 rings (SSSR count). The Balaban J connectivity index is 1.99. The summed E-state index contributed by atoms with van der Waals surface area (Å²) in [6.07, 6.45) is 2.59. The second kappa shape index (κ2) is 6.29. The molecule has 0 amide bonds. The van der Waals surface area contributed by atoms with Crippen LogP contribution in [0.4, 0.5) is 11.4 Å². The molecule has 2 N–H and O–H groups in total. The van der Waals surface area contributed by atoms with Crippen LogP contribution in [0, 0.1) is 13.8 Å². The number of hydrogen-bond acceptors (Lipinski definition) is 3. The van der Waals surface area contributed by atoms with E-state index < -0.39 is 0 Å². The van der Waals surface area contributed by atoms with Gasteiger partial charge in [0.2, 0.25) is 0 Å². The van der Waals surface area contributed by atoms with E-state index >= 15 is 0 Å². The van der Waals surface area contributed by atoms with Crippen molar-refractivity contribution < 1.29 is 0 Å². The number of anilines is 2. The molecule has 0 unspecified atom stereocenters. The Morgan fingerprint density at radius 2 is 1.68 bits per heavy atom. The molecule has 1 aromatic rings. The highest BCUT2D eigenvalue weighted by atomic mass is 15.3. The van der Waals surface area contributed by atoms with Crippen molar-refractivity contribution in [3.63, 3.8) is 0 Å². The molecule has 1 heterocycles. The van der Waals surface area contributed by atoms with Crippen molar-refractivity contribution in [3.05, 3.63) is 23.3 Å². The van der Waals surface area contributed by atoms with Crippen molar-refractivity contribution in [2.75, 3.05) is 43.4 Å². The Kier molecular flexibility index (Phi) is 4.70. The second-order valence-corrected chi connectivity index (χ2v) is 5.68. The van der Waals surface area contributed by atoms with Crippen LogP contribution in [0.25, 0.3) is 0 Å².